The molecule has 19 heavy (non-hydrogen) atoms. The fourth-order valence-electron chi connectivity index (χ4n) is 1.33. The molecule has 0 N–H and O–H groups in total. The lowest BCUT2D eigenvalue weighted by molar-refractivity contribution is -0.386. The fourth-order valence-corrected chi connectivity index (χ4v) is 1.59. The fraction of sp³-hybridized carbons (Fsp3) is 0. The van der Waals surface area contributed by atoms with E-state index in [1.54, 1.807) is 30.3 Å². The zero-order chi connectivity index (χ0) is 13.8. The van der Waals surface area contributed by atoms with Crippen LogP contribution in [-0.4, -0.2) is 9.91 Å². The zero-order valence-electron chi connectivity index (χ0n) is 9.41. The number of pyridine rings is 1. The highest BCUT2D eigenvalue weighted by Crippen LogP contribution is 2.30. The van der Waals surface area contributed by atoms with Crippen molar-refractivity contribution < 1.29 is 9.66 Å². The van der Waals surface area contributed by atoms with Crippen LogP contribution in [-0.2, 0) is 0 Å². The number of nitrogens with zero attached hydrogens (tertiary/aromatic N) is 3. The van der Waals surface area contributed by atoms with Crippen LogP contribution in [0.25, 0.3) is 0 Å². The van der Waals surface area contributed by atoms with Gasteiger partial charge in [-0.15, -0.1) is 0 Å². The van der Waals surface area contributed by atoms with Crippen LogP contribution in [0.3, 0.4) is 0 Å². The monoisotopic (exact) mass is 319 g/mol. The van der Waals surface area contributed by atoms with Crippen molar-refractivity contribution in [1.29, 1.82) is 5.26 Å². The minimum Gasteiger partial charge on any atom is -0.434 e. The van der Waals surface area contributed by atoms with Gasteiger partial charge in [-0.1, -0.05) is 15.9 Å². The quantitative estimate of drug-likeness (QED) is 0.638. The molecular weight excluding hydrogens is 314 g/mol. The van der Waals surface area contributed by atoms with E-state index in [0.29, 0.717) is 5.75 Å². The third kappa shape index (κ3) is 3.05. The normalized spacial score (nSPS) is 9.68. The van der Waals surface area contributed by atoms with Crippen molar-refractivity contribution in [1.82, 2.24) is 4.98 Å². The van der Waals surface area contributed by atoms with Crippen LogP contribution in [0.1, 0.15) is 5.56 Å². The van der Waals surface area contributed by atoms with Gasteiger partial charge in [0.05, 0.1) is 10.5 Å². The summed E-state index contributed by atoms with van der Waals surface area (Å²) in [4.78, 5) is 14.1. The molecule has 94 valence electrons. The van der Waals surface area contributed by atoms with Gasteiger partial charge >= 0.3 is 5.69 Å². The van der Waals surface area contributed by atoms with Gasteiger partial charge in [-0.3, -0.25) is 10.1 Å². The third-order valence-corrected chi connectivity index (χ3v) is 2.71. The Morgan fingerprint density at radius 3 is 2.63 bits per heavy atom. The van der Waals surface area contributed by atoms with E-state index >= 15 is 0 Å². The Hall–Kier alpha value is -2.46. The summed E-state index contributed by atoms with van der Waals surface area (Å²) in [5.41, 5.74) is -0.239. The number of halogens is 1. The van der Waals surface area contributed by atoms with Gasteiger partial charge in [0.15, 0.2) is 0 Å². The molecule has 1 aromatic carbocycles. The average Bonchev–Trinajstić information content (AvgIpc) is 2.41. The number of aromatic nitrogens is 1. The van der Waals surface area contributed by atoms with E-state index in [1.807, 2.05) is 0 Å². The molecule has 0 atom stereocenters. The van der Waals surface area contributed by atoms with Crippen LogP contribution in [0, 0.1) is 21.4 Å². The number of nitriles is 1. The van der Waals surface area contributed by atoms with Crippen LogP contribution >= 0.6 is 15.9 Å². The summed E-state index contributed by atoms with van der Waals surface area (Å²) in [6.07, 6.45) is 1.22. The van der Waals surface area contributed by atoms with Gasteiger partial charge in [0.25, 0.3) is 5.88 Å². The Kier molecular flexibility index (Phi) is 3.73. The lowest BCUT2D eigenvalue weighted by Crippen LogP contribution is -1.96. The number of ether oxygens (including phenoxy) is 1. The second-order valence-corrected chi connectivity index (χ2v) is 4.39. The Bertz CT molecular complexity index is 665. The van der Waals surface area contributed by atoms with E-state index < -0.39 is 4.92 Å². The van der Waals surface area contributed by atoms with E-state index in [1.165, 1.54) is 6.20 Å². The van der Waals surface area contributed by atoms with Gasteiger partial charge < -0.3 is 4.74 Å². The molecule has 0 bridgehead atoms. The van der Waals surface area contributed by atoms with Gasteiger partial charge in [-0.05, 0) is 24.3 Å². The van der Waals surface area contributed by atoms with Crippen molar-refractivity contribution in [3.05, 3.63) is 56.7 Å². The summed E-state index contributed by atoms with van der Waals surface area (Å²) in [5.74, 6) is 0.273. The number of hydrogen-bond donors (Lipinski definition) is 0. The van der Waals surface area contributed by atoms with Crippen molar-refractivity contribution in [2.24, 2.45) is 0 Å². The van der Waals surface area contributed by atoms with Crippen molar-refractivity contribution in [2.45, 2.75) is 0 Å². The van der Waals surface area contributed by atoms with Crippen LogP contribution < -0.4 is 4.74 Å². The van der Waals surface area contributed by atoms with E-state index in [0.717, 1.165) is 10.5 Å². The number of rotatable bonds is 3. The molecule has 1 aromatic heterocycles. The summed E-state index contributed by atoms with van der Waals surface area (Å²) in [5, 5.41) is 19.6. The zero-order valence-corrected chi connectivity index (χ0v) is 11.0. The maximum atomic E-state index is 10.9. The second-order valence-electron chi connectivity index (χ2n) is 3.47. The summed E-state index contributed by atoms with van der Waals surface area (Å²) in [6, 6.07) is 9.69. The van der Waals surface area contributed by atoms with Crippen LogP contribution in [0.5, 0.6) is 11.6 Å². The standard InChI is InChI=1S/C12H6BrN3O3/c13-9-1-3-10(4-2-9)19-12-11(16(17)18)5-8(6-14)7-15-12/h1-5,7H. The van der Waals surface area contributed by atoms with Gasteiger partial charge in [0, 0.05) is 16.7 Å². The first-order chi connectivity index (χ1) is 9.10. The molecule has 2 aromatic rings. The Labute approximate surface area is 116 Å². The molecule has 0 amide bonds. The maximum Gasteiger partial charge on any atom is 0.332 e. The molecule has 0 unspecified atom stereocenters. The summed E-state index contributed by atoms with van der Waals surface area (Å²) in [6.45, 7) is 0. The first-order valence-electron chi connectivity index (χ1n) is 5.08. The van der Waals surface area contributed by atoms with Crippen molar-refractivity contribution in [3.8, 4) is 17.7 Å². The van der Waals surface area contributed by atoms with Gasteiger partial charge in [-0.2, -0.15) is 5.26 Å². The molecule has 0 spiro atoms. The second kappa shape index (κ2) is 5.46. The van der Waals surface area contributed by atoms with Gasteiger partial charge in [0.2, 0.25) is 0 Å². The summed E-state index contributed by atoms with van der Waals surface area (Å²) in [7, 11) is 0. The van der Waals surface area contributed by atoms with Gasteiger partial charge in [-0.25, -0.2) is 4.98 Å². The van der Waals surface area contributed by atoms with Crippen LogP contribution in [0.15, 0.2) is 41.0 Å². The van der Waals surface area contributed by atoms with Crippen LogP contribution in [0.2, 0.25) is 0 Å². The number of benzene rings is 1. The van der Waals surface area contributed by atoms with Crippen molar-refractivity contribution >= 4 is 21.6 Å². The smallest absolute Gasteiger partial charge is 0.332 e. The van der Waals surface area contributed by atoms with E-state index in [4.69, 9.17) is 10.00 Å². The minimum absolute atomic E-state index is 0.106. The number of hydrogen-bond acceptors (Lipinski definition) is 5. The van der Waals surface area contributed by atoms with Crippen molar-refractivity contribution in [3.63, 3.8) is 0 Å². The molecule has 1 heterocycles. The average molecular weight is 320 g/mol. The first kappa shape index (κ1) is 13.0. The molecule has 0 saturated heterocycles. The topological polar surface area (TPSA) is 89.0 Å². The molecule has 0 aliphatic heterocycles. The van der Waals surface area contributed by atoms with E-state index in [-0.39, 0.29) is 17.1 Å². The highest BCUT2D eigenvalue weighted by atomic mass is 79.9. The molecule has 2 rings (SSSR count). The van der Waals surface area contributed by atoms with E-state index in [2.05, 4.69) is 20.9 Å². The summed E-state index contributed by atoms with van der Waals surface area (Å²) >= 11 is 3.27. The molecule has 0 aliphatic carbocycles. The van der Waals surface area contributed by atoms with Crippen molar-refractivity contribution in [2.75, 3.05) is 0 Å². The van der Waals surface area contributed by atoms with E-state index in [9.17, 15) is 10.1 Å². The Balaban J connectivity index is 2.37. The molecule has 6 nitrogen and oxygen atoms in total. The predicted octanol–water partition coefficient (Wildman–Crippen LogP) is 3.42. The predicted molar refractivity (Wildman–Crippen MR) is 69.8 cm³/mol. The first-order valence-corrected chi connectivity index (χ1v) is 5.87. The van der Waals surface area contributed by atoms with Crippen LogP contribution in [0.4, 0.5) is 5.69 Å². The molecule has 0 saturated carbocycles. The lowest BCUT2D eigenvalue weighted by Gasteiger charge is -2.05. The molecular formula is C12H6BrN3O3. The number of nitro groups is 1. The highest BCUT2D eigenvalue weighted by molar-refractivity contribution is 9.10. The highest BCUT2D eigenvalue weighted by Gasteiger charge is 2.18. The lowest BCUT2D eigenvalue weighted by atomic mass is 10.3. The SMILES string of the molecule is N#Cc1cnc(Oc2ccc(Br)cc2)c([N+](=O)[O-])c1. The largest absolute Gasteiger partial charge is 0.434 e. The summed E-state index contributed by atoms with van der Waals surface area (Å²) < 4.78 is 6.21. The third-order valence-electron chi connectivity index (χ3n) is 2.19. The van der Waals surface area contributed by atoms with Gasteiger partial charge in [0.1, 0.15) is 11.8 Å². The Morgan fingerprint density at radius 2 is 2.05 bits per heavy atom. The minimum atomic E-state index is -0.637. The molecule has 0 radical (unpaired) electrons. The molecule has 0 fully saturated rings. The maximum absolute atomic E-state index is 10.9. The molecule has 0 aliphatic rings. The Morgan fingerprint density at radius 1 is 1.37 bits per heavy atom. The molecule has 7 heteroatoms.